The van der Waals surface area contributed by atoms with Gasteiger partial charge in [0.1, 0.15) is 24.0 Å². The van der Waals surface area contributed by atoms with Crippen molar-refractivity contribution in [1.82, 2.24) is 10.9 Å². The zero-order valence-electron chi connectivity index (χ0n) is 10.2. The summed E-state index contributed by atoms with van der Waals surface area (Å²) >= 11 is 9.02. The number of nitrogens with zero attached hydrogens (tertiary/aromatic N) is 2. The molecule has 114 valence electrons. The van der Waals surface area contributed by atoms with Gasteiger partial charge in [-0.05, 0) is 24.4 Å². The summed E-state index contributed by atoms with van der Waals surface area (Å²) in [7, 11) is 0. The van der Waals surface area contributed by atoms with Gasteiger partial charge in [0.2, 0.25) is 0 Å². The minimum absolute atomic E-state index is 0.131. The monoisotopic (exact) mass is 324 g/mol. The van der Waals surface area contributed by atoms with Crippen molar-refractivity contribution in [2.45, 2.75) is 18.3 Å². The number of rotatable bonds is 7. The number of nitrogens with two attached hydrogens (primary N) is 2. The average Bonchev–Trinajstić information content (AvgIpc) is 2.39. The molecule has 0 aromatic heterocycles. The van der Waals surface area contributed by atoms with E-state index in [4.69, 9.17) is 16.6 Å². The molecule has 0 aromatic carbocycles. The van der Waals surface area contributed by atoms with Crippen LogP contribution in [0.2, 0.25) is 0 Å². The van der Waals surface area contributed by atoms with E-state index >= 15 is 0 Å². The van der Waals surface area contributed by atoms with E-state index in [2.05, 4.69) is 45.5 Å². The van der Waals surface area contributed by atoms with Gasteiger partial charge in [-0.1, -0.05) is 0 Å². The maximum Gasteiger partial charge on any atom is 0.184 e. The molecule has 12 heteroatoms. The largest absolute Gasteiger partial charge is 0.394 e. The van der Waals surface area contributed by atoms with E-state index in [1.807, 2.05) is 0 Å². The molecule has 0 saturated carbocycles. The van der Waals surface area contributed by atoms with E-state index in [-0.39, 0.29) is 15.9 Å². The summed E-state index contributed by atoms with van der Waals surface area (Å²) < 4.78 is 0. The average molecular weight is 324 g/mol. The van der Waals surface area contributed by atoms with Crippen LogP contribution in [0.15, 0.2) is 10.2 Å². The molecule has 0 amide bonds. The van der Waals surface area contributed by atoms with Gasteiger partial charge in [-0.15, -0.1) is 0 Å². The Bertz CT molecular complexity index is 404. The Morgan fingerprint density at radius 3 is 2.15 bits per heavy atom. The Morgan fingerprint density at radius 2 is 1.70 bits per heavy atom. The molecule has 0 fully saturated rings. The maximum atomic E-state index is 9.80. The van der Waals surface area contributed by atoms with Crippen molar-refractivity contribution < 1.29 is 20.4 Å². The van der Waals surface area contributed by atoms with Gasteiger partial charge in [-0.25, -0.2) is 0 Å². The summed E-state index contributed by atoms with van der Waals surface area (Å²) in [6, 6.07) is 0. The molecule has 10 nitrogen and oxygen atoms in total. The number of thiocarbonyl (C=S) groups is 2. The molecule has 0 aliphatic heterocycles. The number of aliphatic hydroxyl groups excluding tert-OH is 4. The van der Waals surface area contributed by atoms with Crippen molar-refractivity contribution in [3.05, 3.63) is 0 Å². The lowest BCUT2D eigenvalue weighted by atomic mass is 10.0. The smallest absolute Gasteiger partial charge is 0.184 e. The summed E-state index contributed by atoms with van der Waals surface area (Å²) in [5, 5.41) is 44.1. The van der Waals surface area contributed by atoms with Crippen LogP contribution in [0.25, 0.3) is 0 Å². The van der Waals surface area contributed by atoms with E-state index in [9.17, 15) is 15.3 Å². The van der Waals surface area contributed by atoms with Crippen LogP contribution < -0.4 is 22.3 Å². The normalized spacial score (nSPS) is 16.5. The fourth-order valence-corrected chi connectivity index (χ4v) is 1.04. The van der Waals surface area contributed by atoms with E-state index in [0.717, 1.165) is 6.21 Å². The zero-order chi connectivity index (χ0) is 15.7. The second-order valence-corrected chi connectivity index (χ2v) is 4.31. The highest BCUT2D eigenvalue weighted by Gasteiger charge is 2.27. The quantitative estimate of drug-likeness (QED) is 0.131. The third-order valence-electron chi connectivity index (χ3n) is 1.87. The minimum Gasteiger partial charge on any atom is -0.394 e. The van der Waals surface area contributed by atoms with E-state index in [1.165, 1.54) is 0 Å². The van der Waals surface area contributed by atoms with Crippen molar-refractivity contribution in [1.29, 1.82) is 0 Å². The molecule has 0 saturated heterocycles. The van der Waals surface area contributed by atoms with Crippen LogP contribution in [0.5, 0.6) is 0 Å². The summed E-state index contributed by atoms with van der Waals surface area (Å²) in [6.07, 6.45) is -3.97. The van der Waals surface area contributed by atoms with Crippen LogP contribution in [-0.4, -0.2) is 67.5 Å². The number of hydrazone groups is 2. The number of hydrogen-bond donors (Lipinski definition) is 8. The first kappa shape index (κ1) is 18.6. The summed E-state index contributed by atoms with van der Waals surface area (Å²) in [4.78, 5) is 0. The first-order chi connectivity index (χ1) is 9.29. The minimum atomic E-state index is -1.71. The van der Waals surface area contributed by atoms with Crippen LogP contribution in [-0.2, 0) is 0 Å². The first-order valence-electron chi connectivity index (χ1n) is 5.16. The predicted molar refractivity (Wildman–Crippen MR) is 80.9 cm³/mol. The lowest BCUT2D eigenvalue weighted by Crippen LogP contribution is -2.45. The number of aliphatic hydroxyl groups is 4. The SMILES string of the molecule is NC(=S)N/N=C(/C=N/NC(N)=S)[C@H](O)[C@H](O)[C@@H](O)CO. The van der Waals surface area contributed by atoms with Gasteiger partial charge in [0.05, 0.1) is 12.8 Å². The Hall–Kier alpha value is -1.44. The topological polar surface area (TPSA) is 182 Å². The molecule has 0 heterocycles. The Kier molecular flexibility index (Phi) is 8.78. The van der Waals surface area contributed by atoms with Crippen molar-refractivity contribution in [3.63, 3.8) is 0 Å². The second kappa shape index (κ2) is 9.46. The van der Waals surface area contributed by atoms with Gasteiger partial charge in [-0.2, -0.15) is 10.2 Å². The second-order valence-electron chi connectivity index (χ2n) is 3.43. The van der Waals surface area contributed by atoms with E-state index in [1.54, 1.807) is 0 Å². The Morgan fingerprint density at radius 1 is 1.15 bits per heavy atom. The fraction of sp³-hybridized carbons (Fsp3) is 0.500. The number of nitrogens with one attached hydrogen (secondary N) is 2. The first-order valence-corrected chi connectivity index (χ1v) is 5.97. The van der Waals surface area contributed by atoms with Gasteiger partial charge in [0.15, 0.2) is 10.2 Å². The maximum absolute atomic E-state index is 9.80. The molecular weight excluding hydrogens is 308 g/mol. The van der Waals surface area contributed by atoms with Gasteiger partial charge in [-0.3, -0.25) is 10.9 Å². The van der Waals surface area contributed by atoms with Gasteiger partial charge < -0.3 is 31.9 Å². The lowest BCUT2D eigenvalue weighted by Gasteiger charge is -2.21. The molecule has 0 aliphatic rings. The molecular formula is C8H16N6O4S2. The molecule has 0 radical (unpaired) electrons. The van der Waals surface area contributed by atoms with Crippen LogP contribution in [0.3, 0.4) is 0 Å². The molecule has 0 unspecified atom stereocenters. The van der Waals surface area contributed by atoms with Crippen molar-refractivity contribution >= 4 is 46.6 Å². The van der Waals surface area contributed by atoms with Gasteiger partial charge >= 0.3 is 0 Å². The van der Waals surface area contributed by atoms with Crippen LogP contribution in [0.1, 0.15) is 0 Å². The molecule has 0 spiro atoms. The molecule has 0 rings (SSSR count). The third kappa shape index (κ3) is 7.22. The highest BCUT2D eigenvalue weighted by atomic mass is 32.1. The van der Waals surface area contributed by atoms with Crippen molar-refractivity contribution in [3.8, 4) is 0 Å². The van der Waals surface area contributed by atoms with Crippen molar-refractivity contribution in [2.75, 3.05) is 6.61 Å². The highest BCUT2D eigenvalue weighted by Crippen LogP contribution is 2.01. The van der Waals surface area contributed by atoms with Gasteiger partial charge in [0.25, 0.3) is 0 Å². The Balaban J connectivity index is 5.00. The lowest BCUT2D eigenvalue weighted by molar-refractivity contribution is -0.0549. The predicted octanol–water partition coefficient (Wildman–Crippen LogP) is -3.93. The van der Waals surface area contributed by atoms with Crippen LogP contribution in [0, 0.1) is 0 Å². The standard InChI is InChI=1S/C8H16N6O4S2/c9-7(19)13-11-1-3(12-14-8(10)20)5(17)6(18)4(16)2-15/h1,4-6,15-18H,2H2,(H3,9,13,19)(H3,10,14,20)/b11-1+,12-3-/t4-,5-,6+/m0/s1. The summed E-state index contributed by atoms with van der Waals surface area (Å²) in [6.45, 7) is -0.753. The molecule has 10 N–H and O–H groups in total. The zero-order valence-corrected chi connectivity index (χ0v) is 11.8. The summed E-state index contributed by atoms with van der Waals surface area (Å²) in [5.41, 5.74) is 14.4. The number of hydrogen-bond acceptors (Lipinski definition) is 8. The van der Waals surface area contributed by atoms with Crippen molar-refractivity contribution in [2.24, 2.45) is 21.7 Å². The van der Waals surface area contributed by atoms with Crippen LogP contribution >= 0.6 is 24.4 Å². The van der Waals surface area contributed by atoms with E-state index < -0.39 is 24.9 Å². The highest BCUT2D eigenvalue weighted by molar-refractivity contribution is 7.80. The third-order valence-corrected chi connectivity index (χ3v) is 2.06. The summed E-state index contributed by atoms with van der Waals surface area (Å²) in [5.74, 6) is 0. The fourth-order valence-electron chi connectivity index (χ4n) is 0.946. The molecule has 3 atom stereocenters. The van der Waals surface area contributed by atoms with E-state index in [0.29, 0.717) is 0 Å². The van der Waals surface area contributed by atoms with Crippen LogP contribution in [0.4, 0.5) is 0 Å². The van der Waals surface area contributed by atoms with Gasteiger partial charge in [0, 0.05) is 0 Å². The molecule has 0 aromatic rings. The molecule has 20 heavy (non-hydrogen) atoms. The molecule has 0 aliphatic carbocycles. The molecule has 0 bridgehead atoms. The Labute approximate surface area is 125 Å².